The molecule has 0 atom stereocenters. The van der Waals surface area contributed by atoms with Crippen molar-refractivity contribution in [3.8, 4) is 5.75 Å². The highest BCUT2D eigenvalue weighted by Gasteiger charge is 2.16. The molecule has 2 aromatic heterocycles. The number of hydrogen-bond donors (Lipinski definition) is 2. The maximum absolute atomic E-state index is 14.0. The molecule has 0 saturated carbocycles. The Hall–Kier alpha value is -2.89. The summed E-state index contributed by atoms with van der Waals surface area (Å²) < 4.78 is 19.1. The van der Waals surface area contributed by atoms with Crippen molar-refractivity contribution in [3.63, 3.8) is 0 Å². The number of aromatic nitrogens is 2. The minimum Gasteiger partial charge on any atom is -0.494 e. The molecule has 6 heteroatoms. The van der Waals surface area contributed by atoms with Crippen molar-refractivity contribution in [3.05, 3.63) is 58.8 Å². The average Bonchev–Trinajstić information content (AvgIpc) is 2.95. The number of benzene rings is 1. The topological polar surface area (TPSA) is 67.0 Å². The van der Waals surface area contributed by atoms with Gasteiger partial charge in [-0.25, -0.2) is 9.37 Å². The molecule has 3 aromatic rings. The Morgan fingerprint density at radius 2 is 2.20 bits per heavy atom. The third-order valence-corrected chi connectivity index (χ3v) is 4.32. The number of aromatic amines is 1. The van der Waals surface area contributed by atoms with Crippen molar-refractivity contribution in [2.24, 2.45) is 0 Å². The fraction of sp³-hybridized carbons (Fsp3) is 0.263. The van der Waals surface area contributed by atoms with Gasteiger partial charge in [-0.3, -0.25) is 4.79 Å². The Morgan fingerprint density at radius 1 is 1.40 bits per heavy atom. The maximum Gasteiger partial charge on any atom is 0.274 e. The summed E-state index contributed by atoms with van der Waals surface area (Å²) in [6.45, 7) is 4.21. The lowest BCUT2D eigenvalue weighted by molar-refractivity contribution is 0.0942. The van der Waals surface area contributed by atoms with Crippen LogP contribution in [0.15, 0.2) is 30.5 Å². The van der Waals surface area contributed by atoms with Crippen LogP contribution in [0, 0.1) is 12.7 Å². The quantitative estimate of drug-likeness (QED) is 0.746. The largest absolute Gasteiger partial charge is 0.494 e. The summed E-state index contributed by atoms with van der Waals surface area (Å²) in [5.74, 6) is -0.292. The SMILES string of the molecule is CCc1[nH]c2c(CNC(=O)c3ncccc3OC)cc(F)cc2c1C. The highest BCUT2D eigenvalue weighted by atomic mass is 19.1. The molecular weight excluding hydrogens is 321 g/mol. The second-order valence-corrected chi connectivity index (χ2v) is 5.81. The van der Waals surface area contributed by atoms with Gasteiger partial charge in [-0.15, -0.1) is 0 Å². The number of aryl methyl sites for hydroxylation is 2. The second-order valence-electron chi connectivity index (χ2n) is 5.81. The lowest BCUT2D eigenvalue weighted by Gasteiger charge is -2.09. The molecule has 0 bridgehead atoms. The van der Waals surface area contributed by atoms with E-state index in [2.05, 4.69) is 15.3 Å². The Morgan fingerprint density at radius 3 is 2.92 bits per heavy atom. The van der Waals surface area contributed by atoms with E-state index in [1.807, 2.05) is 13.8 Å². The first-order valence-electron chi connectivity index (χ1n) is 8.12. The van der Waals surface area contributed by atoms with Crippen LogP contribution in [0.3, 0.4) is 0 Å². The molecule has 25 heavy (non-hydrogen) atoms. The molecule has 0 aliphatic rings. The van der Waals surface area contributed by atoms with E-state index in [0.717, 1.165) is 28.6 Å². The smallest absolute Gasteiger partial charge is 0.274 e. The van der Waals surface area contributed by atoms with Crippen LogP contribution in [-0.2, 0) is 13.0 Å². The Labute approximate surface area is 145 Å². The summed E-state index contributed by atoms with van der Waals surface area (Å²) >= 11 is 0. The minimum atomic E-state index is -0.367. The third kappa shape index (κ3) is 3.20. The van der Waals surface area contributed by atoms with E-state index in [-0.39, 0.29) is 24.0 Å². The van der Waals surface area contributed by atoms with Crippen LogP contribution >= 0.6 is 0 Å². The predicted octanol–water partition coefficient (Wildman–Crippen LogP) is 3.51. The van der Waals surface area contributed by atoms with Gasteiger partial charge >= 0.3 is 0 Å². The van der Waals surface area contributed by atoms with Crippen molar-refractivity contribution in [2.75, 3.05) is 7.11 Å². The summed E-state index contributed by atoms with van der Waals surface area (Å²) in [7, 11) is 1.48. The van der Waals surface area contributed by atoms with Gasteiger partial charge in [0, 0.05) is 23.8 Å². The lowest BCUT2D eigenvalue weighted by atomic mass is 10.1. The molecule has 1 aromatic carbocycles. The van der Waals surface area contributed by atoms with Crippen molar-refractivity contribution in [1.29, 1.82) is 0 Å². The third-order valence-electron chi connectivity index (χ3n) is 4.32. The first-order valence-corrected chi connectivity index (χ1v) is 8.12. The zero-order chi connectivity index (χ0) is 18.0. The van der Waals surface area contributed by atoms with Gasteiger partial charge in [0.1, 0.15) is 11.6 Å². The van der Waals surface area contributed by atoms with Gasteiger partial charge in [0.25, 0.3) is 5.91 Å². The second kappa shape index (κ2) is 6.93. The molecular formula is C19H20FN3O2. The molecule has 5 nitrogen and oxygen atoms in total. The first-order chi connectivity index (χ1) is 12.0. The van der Waals surface area contributed by atoms with E-state index in [1.54, 1.807) is 12.1 Å². The summed E-state index contributed by atoms with van der Waals surface area (Å²) in [5.41, 5.74) is 3.86. The maximum atomic E-state index is 14.0. The van der Waals surface area contributed by atoms with E-state index < -0.39 is 0 Å². The molecule has 0 aliphatic carbocycles. The Balaban J connectivity index is 1.89. The predicted molar refractivity (Wildman–Crippen MR) is 94.3 cm³/mol. The van der Waals surface area contributed by atoms with E-state index in [0.29, 0.717) is 11.3 Å². The van der Waals surface area contributed by atoms with Gasteiger partial charge < -0.3 is 15.0 Å². The Bertz CT molecular complexity index is 934. The number of pyridine rings is 1. The van der Waals surface area contributed by atoms with Gasteiger partial charge in [0.2, 0.25) is 0 Å². The van der Waals surface area contributed by atoms with Crippen LogP contribution in [0.4, 0.5) is 4.39 Å². The number of H-pyrrole nitrogens is 1. The molecule has 0 spiro atoms. The van der Waals surface area contributed by atoms with Crippen molar-refractivity contribution >= 4 is 16.8 Å². The van der Waals surface area contributed by atoms with Gasteiger partial charge in [0.15, 0.2) is 5.69 Å². The summed E-state index contributed by atoms with van der Waals surface area (Å²) in [6, 6.07) is 6.32. The number of amides is 1. The molecule has 0 saturated heterocycles. The number of methoxy groups -OCH3 is 1. The van der Waals surface area contributed by atoms with Crippen LogP contribution in [0.2, 0.25) is 0 Å². The van der Waals surface area contributed by atoms with E-state index >= 15 is 0 Å². The zero-order valence-corrected chi connectivity index (χ0v) is 14.4. The summed E-state index contributed by atoms with van der Waals surface area (Å²) in [5, 5.41) is 3.63. The first kappa shape index (κ1) is 17.0. The number of fused-ring (bicyclic) bond motifs is 1. The number of nitrogens with zero attached hydrogens (tertiary/aromatic N) is 1. The van der Waals surface area contributed by atoms with E-state index in [9.17, 15) is 9.18 Å². The minimum absolute atomic E-state index is 0.190. The number of carbonyl (C=O) groups is 1. The normalized spacial score (nSPS) is 10.9. The van der Waals surface area contributed by atoms with Gasteiger partial charge in [-0.05, 0) is 48.7 Å². The number of carbonyl (C=O) groups excluding carboxylic acids is 1. The van der Waals surface area contributed by atoms with Crippen LogP contribution in [0.5, 0.6) is 5.75 Å². The van der Waals surface area contributed by atoms with Gasteiger partial charge in [-0.2, -0.15) is 0 Å². The summed E-state index contributed by atoms with van der Waals surface area (Å²) in [6.07, 6.45) is 2.36. The van der Waals surface area contributed by atoms with E-state index in [4.69, 9.17) is 4.74 Å². The molecule has 0 unspecified atom stereocenters. The fourth-order valence-corrected chi connectivity index (χ4v) is 2.99. The van der Waals surface area contributed by atoms with Crippen LogP contribution in [0.1, 0.15) is 34.2 Å². The number of ether oxygens (including phenoxy) is 1. The molecule has 130 valence electrons. The van der Waals surface area contributed by atoms with Crippen molar-refractivity contribution in [1.82, 2.24) is 15.3 Å². The number of nitrogens with one attached hydrogen (secondary N) is 2. The highest BCUT2D eigenvalue weighted by Crippen LogP contribution is 2.26. The van der Waals surface area contributed by atoms with Gasteiger partial charge in [0.05, 0.1) is 12.6 Å². The zero-order valence-electron chi connectivity index (χ0n) is 14.4. The molecule has 2 N–H and O–H groups in total. The lowest BCUT2D eigenvalue weighted by Crippen LogP contribution is -2.24. The van der Waals surface area contributed by atoms with E-state index in [1.165, 1.54) is 25.4 Å². The molecule has 0 aliphatic heterocycles. The summed E-state index contributed by atoms with van der Waals surface area (Å²) in [4.78, 5) is 19.8. The molecule has 3 rings (SSSR count). The monoisotopic (exact) mass is 341 g/mol. The highest BCUT2D eigenvalue weighted by molar-refractivity contribution is 5.95. The van der Waals surface area contributed by atoms with Crippen LogP contribution < -0.4 is 10.1 Å². The molecule has 1 amide bonds. The number of rotatable bonds is 5. The van der Waals surface area contributed by atoms with Crippen LogP contribution in [-0.4, -0.2) is 23.0 Å². The Kier molecular flexibility index (Phi) is 4.70. The average molecular weight is 341 g/mol. The van der Waals surface area contributed by atoms with Crippen LogP contribution in [0.25, 0.3) is 10.9 Å². The van der Waals surface area contributed by atoms with Crippen molar-refractivity contribution in [2.45, 2.75) is 26.8 Å². The molecule has 2 heterocycles. The number of halogens is 1. The van der Waals surface area contributed by atoms with Crippen molar-refractivity contribution < 1.29 is 13.9 Å². The molecule has 0 fully saturated rings. The number of hydrogen-bond acceptors (Lipinski definition) is 3. The molecule has 0 radical (unpaired) electrons. The fourth-order valence-electron chi connectivity index (χ4n) is 2.99. The van der Waals surface area contributed by atoms with Gasteiger partial charge in [-0.1, -0.05) is 6.92 Å². The standard InChI is InChI=1S/C19H20FN3O2/c1-4-15-11(2)14-9-13(20)8-12(17(14)23-15)10-22-19(24)18-16(25-3)6-5-7-21-18/h5-9,23H,4,10H2,1-3H3,(H,22,24).